The van der Waals surface area contributed by atoms with Gasteiger partial charge in [-0.3, -0.25) is 4.79 Å². The molecule has 0 saturated carbocycles. The van der Waals surface area contributed by atoms with Crippen molar-refractivity contribution in [2.24, 2.45) is 5.73 Å². The smallest absolute Gasteiger partial charge is 0.221 e. The van der Waals surface area contributed by atoms with E-state index in [1.807, 2.05) is 30.3 Å². The maximum atomic E-state index is 11.0. The molecule has 0 aliphatic rings. The Balaban J connectivity index is 2.28. The first kappa shape index (κ1) is 12.1. The predicted octanol–water partition coefficient (Wildman–Crippen LogP) is 1.24. The number of amides is 1. The van der Waals surface area contributed by atoms with Crippen molar-refractivity contribution >= 4 is 17.7 Å². The number of thioether (sulfide) groups is 1. The summed E-state index contributed by atoms with van der Waals surface area (Å²) in [4.78, 5) is 12.2. The first-order chi connectivity index (χ1) is 7.22. The number of nitrogens with one attached hydrogen (secondary N) is 1. The van der Waals surface area contributed by atoms with E-state index in [0.29, 0.717) is 6.42 Å². The zero-order valence-corrected chi connectivity index (χ0v) is 9.59. The molecule has 0 fully saturated rings. The highest BCUT2D eigenvalue weighted by molar-refractivity contribution is 7.99. The van der Waals surface area contributed by atoms with E-state index >= 15 is 0 Å². The van der Waals surface area contributed by atoms with Crippen molar-refractivity contribution in [2.45, 2.75) is 17.4 Å². The lowest BCUT2D eigenvalue weighted by Crippen LogP contribution is -2.31. The van der Waals surface area contributed by atoms with Gasteiger partial charge in [0.2, 0.25) is 5.91 Å². The van der Waals surface area contributed by atoms with Gasteiger partial charge in [-0.25, -0.2) is 0 Å². The number of rotatable bonds is 5. The third kappa shape index (κ3) is 4.85. The molecular weight excluding hydrogens is 208 g/mol. The molecule has 1 atom stereocenters. The molecule has 1 aromatic carbocycles. The SMILES string of the molecule is CNC(=O)CC(N)CSc1ccccc1. The number of benzene rings is 1. The fourth-order valence-corrected chi connectivity index (χ4v) is 1.99. The second kappa shape index (κ2) is 6.48. The molecule has 0 aliphatic carbocycles. The van der Waals surface area contributed by atoms with Crippen LogP contribution in [0.3, 0.4) is 0 Å². The number of nitrogens with two attached hydrogens (primary N) is 1. The van der Waals surface area contributed by atoms with Gasteiger partial charge in [-0.2, -0.15) is 0 Å². The Bertz CT molecular complexity index is 303. The minimum absolute atomic E-state index is 0.00355. The van der Waals surface area contributed by atoms with Crippen LogP contribution in [0.25, 0.3) is 0 Å². The van der Waals surface area contributed by atoms with E-state index in [-0.39, 0.29) is 11.9 Å². The molecule has 3 nitrogen and oxygen atoms in total. The van der Waals surface area contributed by atoms with Gasteiger partial charge in [-0.1, -0.05) is 18.2 Å². The Hall–Kier alpha value is -1.00. The van der Waals surface area contributed by atoms with Crippen LogP contribution < -0.4 is 11.1 Å². The summed E-state index contributed by atoms with van der Waals surface area (Å²) in [5.41, 5.74) is 5.82. The molecule has 82 valence electrons. The fraction of sp³-hybridized carbons (Fsp3) is 0.364. The minimum Gasteiger partial charge on any atom is -0.359 e. The van der Waals surface area contributed by atoms with Crippen molar-refractivity contribution in [1.29, 1.82) is 0 Å². The molecule has 0 saturated heterocycles. The summed E-state index contributed by atoms with van der Waals surface area (Å²) in [5.74, 6) is 0.758. The highest BCUT2D eigenvalue weighted by Crippen LogP contribution is 2.17. The Morgan fingerprint density at radius 1 is 1.47 bits per heavy atom. The van der Waals surface area contributed by atoms with E-state index in [2.05, 4.69) is 5.32 Å². The third-order valence-electron chi connectivity index (χ3n) is 1.93. The molecule has 1 rings (SSSR count). The standard InChI is InChI=1S/C11H16N2OS/c1-13-11(14)7-9(12)8-15-10-5-3-2-4-6-10/h2-6,9H,7-8,12H2,1H3,(H,13,14). The first-order valence-electron chi connectivity index (χ1n) is 4.86. The average Bonchev–Trinajstić information content (AvgIpc) is 2.27. The lowest BCUT2D eigenvalue weighted by molar-refractivity contribution is -0.120. The molecule has 0 bridgehead atoms. The van der Waals surface area contributed by atoms with E-state index in [1.54, 1.807) is 18.8 Å². The van der Waals surface area contributed by atoms with Gasteiger partial charge >= 0.3 is 0 Å². The van der Waals surface area contributed by atoms with Crippen molar-refractivity contribution in [3.05, 3.63) is 30.3 Å². The zero-order chi connectivity index (χ0) is 11.1. The zero-order valence-electron chi connectivity index (χ0n) is 8.77. The van der Waals surface area contributed by atoms with Crippen LogP contribution in [-0.4, -0.2) is 24.7 Å². The molecule has 0 aliphatic heterocycles. The van der Waals surface area contributed by atoms with Gasteiger partial charge in [0.05, 0.1) is 0 Å². The first-order valence-corrected chi connectivity index (χ1v) is 5.85. The molecule has 1 amide bonds. The average molecular weight is 224 g/mol. The number of carbonyl (C=O) groups is 1. The predicted molar refractivity (Wildman–Crippen MR) is 63.8 cm³/mol. The molecule has 1 unspecified atom stereocenters. The number of hydrogen-bond donors (Lipinski definition) is 2. The van der Waals surface area contributed by atoms with Crippen molar-refractivity contribution in [3.8, 4) is 0 Å². The van der Waals surface area contributed by atoms with Crippen molar-refractivity contribution in [2.75, 3.05) is 12.8 Å². The highest BCUT2D eigenvalue weighted by Gasteiger charge is 2.08. The van der Waals surface area contributed by atoms with Crippen LogP contribution in [0.15, 0.2) is 35.2 Å². The van der Waals surface area contributed by atoms with E-state index in [4.69, 9.17) is 5.73 Å². The molecule has 0 aromatic heterocycles. The van der Waals surface area contributed by atoms with Crippen LogP contribution in [0.2, 0.25) is 0 Å². The summed E-state index contributed by atoms with van der Waals surface area (Å²) in [5, 5.41) is 2.57. The maximum Gasteiger partial charge on any atom is 0.221 e. The Labute approximate surface area is 94.4 Å². The summed E-state index contributed by atoms with van der Waals surface area (Å²) in [7, 11) is 1.62. The topological polar surface area (TPSA) is 55.1 Å². The van der Waals surface area contributed by atoms with Crippen LogP contribution in [0.1, 0.15) is 6.42 Å². The van der Waals surface area contributed by atoms with Crippen LogP contribution in [0.5, 0.6) is 0 Å². The second-order valence-electron chi connectivity index (χ2n) is 3.26. The summed E-state index contributed by atoms with van der Waals surface area (Å²) in [6, 6.07) is 9.96. The van der Waals surface area contributed by atoms with Gasteiger partial charge in [0, 0.05) is 30.2 Å². The monoisotopic (exact) mass is 224 g/mol. The van der Waals surface area contributed by atoms with Gasteiger partial charge in [-0.15, -0.1) is 11.8 Å². The molecule has 3 N–H and O–H groups in total. The van der Waals surface area contributed by atoms with E-state index in [0.717, 1.165) is 5.75 Å². The highest BCUT2D eigenvalue weighted by atomic mass is 32.2. The van der Waals surface area contributed by atoms with Gasteiger partial charge < -0.3 is 11.1 Å². The van der Waals surface area contributed by atoms with Crippen LogP contribution in [0.4, 0.5) is 0 Å². The third-order valence-corrected chi connectivity index (χ3v) is 3.13. The Morgan fingerprint density at radius 2 is 2.13 bits per heavy atom. The quantitative estimate of drug-likeness (QED) is 0.740. The van der Waals surface area contributed by atoms with E-state index < -0.39 is 0 Å². The van der Waals surface area contributed by atoms with Crippen LogP contribution in [0, 0.1) is 0 Å². The van der Waals surface area contributed by atoms with Crippen molar-refractivity contribution < 1.29 is 4.79 Å². The fourth-order valence-electron chi connectivity index (χ4n) is 1.12. The van der Waals surface area contributed by atoms with Gasteiger partial charge in [0.1, 0.15) is 0 Å². The summed E-state index contributed by atoms with van der Waals surface area (Å²) in [6.07, 6.45) is 0.385. The van der Waals surface area contributed by atoms with Crippen LogP contribution >= 0.6 is 11.8 Å². The molecular formula is C11H16N2OS. The van der Waals surface area contributed by atoms with Gasteiger partial charge in [0.15, 0.2) is 0 Å². The molecule has 1 aromatic rings. The summed E-state index contributed by atoms with van der Waals surface area (Å²) >= 11 is 1.68. The van der Waals surface area contributed by atoms with Crippen LogP contribution in [-0.2, 0) is 4.79 Å². The molecule has 4 heteroatoms. The normalized spacial score (nSPS) is 12.1. The molecule has 0 spiro atoms. The molecule has 15 heavy (non-hydrogen) atoms. The lowest BCUT2D eigenvalue weighted by Gasteiger charge is -2.09. The van der Waals surface area contributed by atoms with E-state index in [9.17, 15) is 4.79 Å². The minimum atomic E-state index is -0.0878. The summed E-state index contributed by atoms with van der Waals surface area (Å²) < 4.78 is 0. The number of hydrogen-bond acceptors (Lipinski definition) is 3. The number of carbonyl (C=O) groups excluding carboxylic acids is 1. The van der Waals surface area contributed by atoms with Gasteiger partial charge in [-0.05, 0) is 12.1 Å². The molecule has 0 radical (unpaired) electrons. The Kier molecular flexibility index (Phi) is 5.21. The lowest BCUT2D eigenvalue weighted by atomic mass is 10.2. The van der Waals surface area contributed by atoms with Crippen molar-refractivity contribution in [3.63, 3.8) is 0 Å². The largest absolute Gasteiger partial charge is 0.359 e. The van der Waals surface area contributed by atoms with Crippen molar-refractivity contribution in [1.82, 2.24) is 5.32 Å². The van der Waals surface area contributed by atoms with Gasteiger partial charge in [0.25, 0.3) is 0 Å². The summed E-state index contributed by atoms with van der Waals surface area (Å²) in [6.45, 7) is 0. The maximum absolute atomic E-state index is 11.0. The Morgan fingerprint density at radius 3 is 2.73 bits per heavy atom. The molecule has 0 heterocycles. The second-order valence-corrected chi connectivity index (χ2v) is 4.35. The van der Waals surface area contributed by atoms with E-state index in [1.165, 1.54) is 4.90 Å².